The number of carboxylic acid groups (broad SMARTS) is 1. The van der Waals surface area contributed by atoms with E-state index >= 15 is 0 Å². The summed E-state index contributed by atoms with van der Waals surface area (Å²) in [5, 5.41) is 17.8. The highest BCUT2D eigenvalue weighted by atomic mass is 16.4. The molecule has 1 aromatic heterocycles. The molecule has 2 aromatic rings. The second-order valence-corrected chi connectivity index (χ2v) is 5.53. The lowest BCUT2D eigenvalue weighted by Crippen LogP contribution is -2.24. The predicted octanol–water partition coefficient (Wildman–Crippen LogP) is 3.27. The Balaban J connectivity index is 2.13. The molecule has 1 aliphatic carbocycles. The maximum atomic E-state index is 11.4. The van der Waals surface area contributed by atoms with E-state index in [2.05, 4.69) is 17.2 Å². The summed E-state index contributed by atoms with van der Waals surface area (Å²) in [5.74, 6) is -0.349. The number of carbonyl (C=O) groups is 1. The minimum atomic E-state index is -0.914. The van der Waals surface area contributed by atoms with E-state index in [0.29, 0.717) is 22.5 Å². The van der Waals surface area contributed by atoms with E-state index < -0.39 is 5.97 Å². The molecule has 2 unspecified atom stereocenters. The van der Waals surface area contributed by atoms with Gasteiger partial charge in [0.25, 0.3) is 0 Å². The Morgan fingerprint density at radius 1 is 1.40 bits per heavy atom. The summed E-state index contributed by atoms with van der Waals surface area (Å²) in [6.07, 6.45) is 5.79. The van der Waals surface area contributed by atoms with Gasteiger partial charge in [-0.05, 0) is 30.9 Å². The van der Waals surface area contributed by atoms with Crippen LogP contribution in [0.15, 0.2) is 18.2 Å². The van der Waals surface area contributed by atoms with Crippen LogP contribution in [0, 0.1) is 5.92 Å². The highest BCUT2D eigenvalue weighted by Gasteiger charge is 2.28. The van der Waals surface area contributed by atoms with Crippen molar-refractivity contribution >= 4 is 17.0 Å². The van der Waals surface area contributed by atoms with Crippen LogP contribution in [0.5, 0.6) is 0 Å². The van der Waals surface area contributed by atoms with Crippen LogP contribution in [0.3, 0.4) is 0 Å². The third kappa shape index (κ3) is 2.07. The first-order valence-corrected chi connectivity index (χ1v) is 7.29. The summed E-state index contributed by atoms with van der Waals surface area (Å²) >= 11 is 0. The molecule has 1 aliphatic rings. The lowest BCUT2D eigenvalue weighted by molar-refractivity contribution is 0.0698. The highest BCUT2D eigenvalue weighted by molar-refractivity contribution is 6.00. The van der Waals surface area contributed by atoms with Crippen molar-refractivity contribution in [3.63, 3.8) is 0 Å². The number of aromatic nitrogens is 3. The van der Waals surface area contributed by atoms with E-state index in [1.807, 2.05) is 10.7 Å². The minimum absolute atomic E-state index is 0.277. The standard InChI is InChI=1S/C15H19N3O2/c1-2-10-6-3-4-9-13(10)18-14-11(15(19)20)7-5-8-12(14)16-17-18/h5,7-8,10,13H,2-4,6,9H2,1H3,(H,19,20). The maximum Gasteiger partial charge on any atom is 0.337 e. The third-order valence-electron chi connectivity index (χ3n) is 4.43. The van der Waals surface area contributed by atoms with Crippen molar-refractivity contribution in [1.29, 1.82) is 0 Å². The molecule has 0 spiro atoms. The van der Waals surface area contributed by atoms with Crippen LogP contribution < -0.4 is 0 Å². The molecule has 106 valence electrons. The number of nitrogens with zero attached hydrogens (tertiary/aromatic N) is 3. The average Bonchev–Trinajstić information content (AvgIpc) is 2.90. The molecular weight excluding hydrogens is 254 g/mol. The zero-order valence-electron chi connectivity index (χ0n) is 11.6. The lowest BCUT2D eigenvalue weighted by Gasteiger charge is -2.31. The lowest BCUT2D eigenvalue weighted by atomic mass is 9.83. The second-order valence-electron chi connectivity index (χ2n) is 5.53. The Kier molecular flexibility index (Phi) is 3.42. The smallest absolute Gasteiger partial charge is 0.337 e. The molecule has 1 fully saturated rings. The van der Waals surface area contributed by atoms with Crippen molar-refractivity contribution in [3.8, 4) is 0 Å². The number of benzene rings is 1. The van der Waals surface area contributed by atoms with Crippen molar-refractivity contribution in [1.82, 2.24) is 15.0 Å². The maximum absolute atomic E-state index is 11.4. The number of rotatable bonds is 3. The van der Waals surface area contributed by atoms with Crippen LogP contribution in [-0.4, -0.2) is 26.1 Å². The molecule has 20 heavy (non-hydrogen) atoms. The SMILES string of the molecule is CCC1CCCCC1n1nnc2cccc(C(=O)O)c21. The largest absolute Gasteiger partial charge is 0.478 e. The molecule has 0 amide bonds. The van der Waals surface area contributed by atoms with Gasteiger partial charge in [-0.25, -0.2) is 9.48 Å². The first kappa shape index (κ1) is 13.1. The molecule has 0 bridgehead atoms. The fourth-order valence-electron chi connectivity index (χ4n) is 3.38. The molecule has 0 saturated heterocycles. The van der Waals surface area contributed by atoms with Gasteiger partial charge < -0.3 is 5.11 Å². The van der Waals surface area contributed by atoms with Crippen LogP contribution in [0.4, 0.5) is 0 Å². The quantitative estimate of drug-likeness (QED) is 0.931. The summed E-state index contributed by atoms with van der Waals surface area (Å²) in [6, 6.07) is 5.46. The molecule has 1 N–H and O–H groups in total. The van der Waals surface area contributed by atoms with E-state index in [4.69, 9.17) is 0 Å². The van der Waals surface area contributed by atoms with Crippen molar-refractivity contribution in [2.75, 3.05) is 0 Å². The number of carboxylic acids is 1. The normalized spacial score (nSPS) is 23.1. The van der Waals surface area contributed by atoms with Crippen LogP contribution in [-0.2, 0) is 0 Å². The zero-order chi connectivity index (χ0) is 14.1. The number of hydrogen-bond acceptors (Lipinski definition) is 3. The monoisotopic (exact) mass is 273 g/mol. The van der Waals surface area contributed by atoms with Gasteiger partial charge in [0, 0.05) is 0 Å². The van der Waals surface area contributed by atoms with Gasteiger partial charge in [0.05, 0.1) is 11.6 Å². The van der Waals surface area contributed by atoms with Gasteiger partial charge >= 0.3 is 5.97 Å². The summed E-state index contributed by atoms with van der Waals surface area (Å²) in [7, 11) is 0. The van der Waals surface area contributed by atoms with Crippen molar-refractivity contribution < 1.29 is 9.90 Å². The van der Waals surface area contributed by atoms with Crippen molar-refractivity contribution in [2.45, 2.75) is 45.1 Å². The van der Waals surface area contributed by atoms with Crippen LogP contribution >= 0.6 is 0 Å². The van der Waals surface area contributed by atoms with Gasteiger partial charge in [-0.2, -0.15) is 0 Å². The third-order valence-corrected chi connectivity index (χ3v) is 4.43. The molecule has 5 heteroatoms. The minimum Gasteiger partial charge on any atom is -0.478 e. The molecule has 3 rings (SSSR count). The Labute approximate surface area is 117 Å². The first-order valence-electron chi connectivity index (χ1n) is 7.29. The van der Waals surface area contributed by atoms with E-state index in [9.17, 15) is 9.90 Å². The summed E-state index contributed by atoms with van der Waals surface area (Å²) in [6.45, 7) is 2.19. The van der Waals surface area contributed by atoms with Crippen molar-refractivity contribution in [3.05, 3.63) is 23.8 Å². The van der Waals surface area contributed by atoms with Gasteiger partial charge in [-0.3, -0.25) is 0 Å². The van der Waals surface area contributed by atoms with Crippen LogP contribution in [0.2, 0.25) is 0 Å². The van der Waals surface area contributed by atoms with Gasteiger partial charge in [0.2, 0.25) is 0 Å². The van der Waals surface area contributed by atoms with E-state index in [1.165, 1.54) is 19.3 Å². The van der Waals surface area contributed by atoms with Gasteiger partial charge in [0.15, 0.2) is 0 Å². The number of para-hydroxylation sites is 1. The Hall–Kier alpha value is -1.91. The van der Waals surface area contributed by atoms with Gasteiger partial charge in [0.1, 0.15) is 11.0 Å². The molecule has 0 aliphatic heterocycles. The summed E-state index contributed by atoms with van der Waals surface area (Å²) in [4.78, 5) is 11.4. The zero-order valence-corrected chi connectivity index (χ0v) is 11.6. The Bertz CT molecular complexity index is 635. The first-order chi connectivity index (χ1) is 9.72. The summed E-state index contributed by atoms with van der Waals surface area (Å²) < 4.78 is 1.87. The van der Waals surface area contributed by atoms with Crippen molar-refractivity contribution in [2.24, 2.45) is 5.92 Å². The highest BCUT2D eigenvalue weighted by Crippen LogP contribution is 2.37. The number of fused-ring (bicyclic) bond motifs is 1. The van der Waals surface area contributed by atoms with Crippen LogP contribution in [0.1, 0.15) is 55.4 Å². The molecular formula is C15H19N3O2. The van der Waals surface area contributed by atoms with Gasteiger partial charge in [-0.1, -0.05) is 37.5 Å². The molecule has 0 radical (unpaired) electrons. The average molecular weight is 273 g/mol. The van der Waals surface area contributed by atoms with E-state index in [0.717, 1.165) is 12.8 Å². The summed E-state index contributed by atoms with van der Waals surface area (Å²) in [5.41, 5.74) is 1.64. The molecule has 1 saturated carbocycles. The second kappa shape index (κ2) is 5.23. The van der Waals surface area contributed by atoms with E-state index in [1.54, 1.807) is 12.1 Å². The number of hydrogen-bond donors (Lipinski definition) is 1. The fourth-order valence-corrected chi connectivity index (χ4v) is 3.38. The Morgan fingerprint density at radius 3 is 2.95 bits per heavy atom. The van der Waals surface area contributed by atoms with E-state index in [-0.39, 0.29) is 6.04 Å². The number of aromatic carboxylic acids is 1. The molecule has 2 atom stereocenters. The van der Waals surface area contributed by atoms with Crippen LogP contribution in [0.25, 0.3) is 11.0 Å². The Morgan fingerprint density at radius 2 is 2.20 bits per heavy atom. The molecule has 1 heterocycles. The molecule has 1 aromatic carbocycles. The molecule has 5 nitrogen and oxygen atoms in total. The van der Waals surface area contributed by atoms with Gasteiger partial charge in [-0.15, -0.1) is 5.10 Å². The topological polar surface area (TPSA) is 68.0 Å². The predicted molar refractivity (Wildman–Crippen MR) is 75.8 cm³/mol. The fraction of sp³-hybridized carbons (Fsp3) is 0.533.